The highest BCUT2D eigenvalue weighted by Gasteiger charge is 2.04. The number of hydrogen-bond donors (Lipinski definition) is 0. The highest BCUT2D eigenvalue weighted by Crippen LogP contribution is 2.17. The molecule has 0 aromatic carbocycles. The minimum Gasteiger partial charge on any atom is -0.291 e. The molecule has 0 aliphatic heterocycles. The maximum absolute atomic E-state index is 5.78. The van der Waals surface area contributed by atoms with Gasteiger partial charge in [-0.15, -0.1) is 0 Å². The van der Waals surface area contributed by atoms with Crippen LogP contribution in [0.15, 0.2) is 18.6 Å². The molecular weight excluding hydrogens is 276 g/mol. The molecule has 56 valence electrons. The summed E-state index contributed by atoms with van der Waals surface area (Å²) in [5, 5.41) is 0.526. The van der Waals surface area contributed by atoms with E-state index in [0.717, 1.165) is 9.35 Å². The van der Waals surface area contributed by atoms with E-state index in [0.29, 0.717) is 5.15 Å². The van der Waals surface area contributed by atoms with Gasteiger partial charge in [0.1, 0.15) is 3.70 Å². The second kappa shape index (κ2) is 2.60. The van der Waals surface area contributed by atoms with Crippen molar-refractivity contribution < 1.29 is 0 Å². The number of halogens is 2. The zero-order valence-corrected chi connectivity index (χ0v) is 8.24. The molecule has 11 heavy (non-hydrogen) atoms. The molecule has 2 rings (SSSR count). The first-order valence-corrected chi connectivity index (χ1v) is 4.38. The van der Waals surface area contributed by atoms with Crippen molar-refractivity contribution in [2.24, 2.45) is 0 Å². The molecule has 0 amide bonds. The Morgan fingerprint density at radius 3 is 3.09 bits per heavy atom. The SMILES string of the molecule is Clc1nc2cnccn2c1I. The summed E-state index contributed by atoms with van der Waals surface area (Å²) in [5.74, 6) is 0. The summed E-state index contributed by atoms with van der Waals surface area (Å²) in [5.41, 5.74) is 0.780. The smallest absolute Gasteiger partial charge is 0.161 e. The van der Waals surface area contributed by atoms with E-state index in [1.807, 2.05) is 10.6 Å². The van der Waals surface area contributed by atoms with Gasteiger partial charge in [0.05, 0.1) is 6.20 Å². The van der Waals surface area contributed by atoms with Gasteiger partial charge in [-0.25, -0.2) is 4.98 Å². The highest BCUT2D eigenvalue weighted by atomic mass is 127. The monoisotopic (exact) mass is 279 g/mol. The van der Waals surface area contributed by atoms with Crippen molar-refractivity contribution >= 4 is 39.8 Å². The summed E-state index contributed by atoms with van der Waals surface area (Å²) in [6, 6.07) is 0. The predicted octanol–water partition coefficient (Wildman–Crippen LogP) is 1.99. The van der Waals surface area contributed by atoms with Crippen LogP contribution in [-0.2, 0) is 0 Å². The van der Waals surface area contributed by atoms with Gasteiger partial charge in [0.2, 0.25) is 0 Å². The van der Waals surface area contributed by atoms with Gasteiger partial charge in [-0.2, -0.15) is 0 Å². The number of aromatic nitrogens is 3. The highest BCUT2D eigenvalue weighted by molar-refractivity contribution is 14.1. The van der Waals surface area contributed by atoms with Gasteiger partial charge >= 0.3 is 0 Å². The number of hydrogen-bond acceptors (Lipinski definition) is 2. The molecule has 0 fully saturated rings. The van der Waals surface area contributed by atoms with E-state index in [-0.39, 0.29) is 0 Å². The summed E-state index contributed by atoms with van der Waals surface area (Å²) < 4.78 is 2.80. The standard InChI is InChI=1S/C6H3ClIN3/c7-5-6(8)11-2-1-9-3-4(11)10-5/h1-3H. The molecule has 5 heteroatoms. The number of rotatable bonds is 0. The summed E-state index contributed by atoms with van der Waals surface area (Å²) in [4.78, 5) is 7.99. The average Bonchev–Trinajstić information content (AvgIpc) is 2.30. The molecule has 0 radical (unpaired) electrons. The predicted molar refractivity (Wildman–Crippen MR) is 50.7 cm³/mol. The average molecular weight is 279 g/mol. The molecule has 0 spiro atoms. The molecule has 2 aromatic rings. The van der Waals surface area contributed by atoms with Gasteiger partial charge < -0.3 is 0 Å². The van der Waals surface area contributed by atoms with Crippen molar-refractivity contribution in [2.75, 3.05) is 0 Å². The molecule has 2 aromatic heterocycles. The lowest BCUT2D eigenvalue weighted by Gasteiger charge is -1.90. The fourth-order valence-electron chi connectivity index (χ4n) is 0.848. The van der Waals surface area contributed by atoms with Gasteiger partial charge in [-0.3, -0.25) is 9.38 Å². The van der Waals surface area contributed by atoms with Gasteiger partial charge in [-0.1, -0.05) is 11.6 Å². The first kappa shape index (κ1) is 7.30. The third kappa shape index (κ3) is 1.10. The van der Waals surface area contributed by atoms with Crippen molar-refractivity contribution in [1.29, 1.82) is 0 Å². The molecule has 3 nitrogen and oxygen atoms in total. The first-order valence-electron chi connectivity index (χ1n) is 2.92. The van der Waals surface area contributed by atoms with E-state index in [4.69, 9.17) is 11.6 Å². The maximum Gasteiger partial charge on any atom is 0.161 e. The number of nitrogens with zero attached hydrogens (tertiary/aromatic N) is 3. The quantitative estimate of drug-likeness (QED) is 0.690. The van der Waals surface area contributed by atoms with Crippen molar-refractivity contribution in [1.82, 2.24) is 14.4 Å². The van der Waals surface area contributed by atoms with Gasteiger partial charge in [0, 0.05) is 12.4 Å². The van der Waals surface area contributed by atoms with Crippen LogP contribution < -0.4 is 0 Å². The third-order valence-electron chi connectivity index (χ3n) is 1.33. The summed E-state index contributed by atoms with van der Waals surface area (Å²) >= 11 is 7.92. The Kier molecular flexibility index (Phi) is 1.72. The zero-order chi connectivity index (χ0) is 7.84. The van der Waals surface area contributed by atoms with Crippen LogP contribution in [0.1, 0.15) is 0 Å². The van der Waals surface area contributed by atoms with Gasteiger partial charge in [0.25, 0.3) is 0 Å². The summed E-state index contributed by atoms with van der Waals surface area (Å²) in [7, 11) is 0. The van der Waals surface area contributed by atoms with E-state index in [9.17, 15) is 0 Å². The van der Waals surface area contributed by atoms with Crippen LogP contribution >= 0.6 is 34.2 Å². The van der Waals surface area contributed by atoms with Gasteiger partial charge in [0.15, 0.2) is 10.8 Å². The lowest BCUT2D eigenvalue weighted by atomic mass is 10.7. The lowest BCUT2D eigenvalue weighted by Crippen LogP contribution is -1.85. The van der Waals surface area contributed by atoms with Crippen LogP contribution in [-0.4, -0.2) is 14.4 Å². The van der Waals surface area contributed by atoms with Gasteiger partial charge in [-0.05, 0) is 22.6 Å². The number of fused-ring (bicyclic) bond motifs is 1. The molecule has 0 aliphatic rings. The van der Waals surface area contributed by atoms with E-state index < -0.39 is 0 Å². The van der Waals surface area contributed by atoms with E-state index >= 15 is 0 Å². The molecule has 0 saturated heterocycles. The Bertz CT molecular complexity index is 398. The fraction of sp³-hybridized carbons (Fsp3) is 0. The maximum atomic E-state index is 5.78. The first-order chi connectivity index (χ1) is 5.29. The van der Waals surface area contributed by atoms with Crippen LogP contribution in [0.25, 0.3) is 5.65 Å². The van der Waals surface area contributed by atoms with Crippen LogP contribution in [0.3, 0.4) is 0 Å². The Hall–Kier alpha value is -0.360. The molecule has 0 unspecified atom stereocenters. The molecular formula is C6H3ClIN3. The molecule has 0 saturated carbocycles. The van der Waals surface area contributed by atoms with E-state index in [1.165, 1.54) is 0 Å². The van der Waals surface area contributed by atoms with E-state index in [1.54, 1.807) is 12.4 Å². The van der Waals surface area contributed by atoms with Crippen molar-refractivity contribution in [3.63, 3.8) is 0 Å². The van der Waals surface area contributed by atoms with Crippen LogP contribution in [0, 0.1) is 3.70 Å². The van der Waals surface area contributed by atoms with Crippen molar-refractivity contribution in [3.05, 3.63) is 27.4 Å². The molecule has 2 heterocycles. The Labute approximate surface area is 81.6 Å². The molecule has 0 atom stereocenters. The minimum absolute atomic E-state index is 0.526. The van der Waals surface area contributed by atoms with Crippen molar-refractivity contribution in [2.45, 2.75) is 0 Å². The lowest BCUT2D eigenvalue weighted by molar-refractivity contribution is 1.10. The third-order valence-corrected chi connectivity index (χ3v) is 2.95. The number of imidazole rings is 1. The second-order valence-electron chi connectivity index (χ2n) is 2.00. The molecule has 0 bridgehead atoms. The molecule has 0 aliphatic carbocycles. The van der Waals surface area contributed by atoms with Crippen LogP contribution in [0.4, 0.5) is 0 Å². The second-order valence-corrected chi connectivity index (χ2v) is 3.38. The fourth-order valence-corrected chi connectivity index (χ4v) is 1.55. The van der Waals surface area contributed by atoms with Crippen LogP contribution in [0.5, 0.6) is 0 Å². The van der Waals surface area contributed by atoms with Crippen LogP contribution in [0.2, 0.25) is 5.15 Å². The minimum atomic E-state index is 0.526. The van der Waals surface area contributed by atoms with E-state index in [2.05, 4.69) is 32.6 Å². The van der Waals surface area contributed by atoms with Crippen molar-refractivity contribution in [3.8, 4) is 0 Å². The summed E-state index contributed by atoms with van der Waals surface area (Å²) in [6.45, 7) is 0. The Morgan fingerprint density at radius 1 is 1.55 bits per heavy atom. The Morgan fingerprint density at radius 2 is 2.36 bits per heavy atom. The topological polar surface area (TPSA) is 30.2 Å². The Balaban J connectivity index is 2.92. The largest absolute Gasteiger partial charge is 0.291 e. The summed E-state index contributed by atoms with van der Waals surface area (Å²) in [6.07, 6.45) is 5.21. The molecule has 0 N–H and O–H groups in total. The normalized spacial score (nSPS) is 10.7. The zero-order valence-electron chi connectivity index (χ0n) is 5.33.